The fraction of sp³-hybridized carbons (Fsp3) is 0. The number of carbonyl (C=O) groups is 1. The molecule has 0 radical (unpaired) electrons. The molecule has 0 fully saturated rings. The lowest BCUT2D eigenvalue weighted by atomic mass is 10.2. The van der Waals surface area contributed by atoms with Crippen molar-refractivity contribution >= 4 is 62.1 Å². The maximum atomic E-state index is 14.5. The standard InChI is InChI=1S/C19H12Cl3FN2O3S/c20-11-5-7-13(15(22)9-11)19(26)24-18-8-6-12(10-16(18)23)29(27,28)25-17-4-2-1-3-14(17)21/h1-10,25H,(H,24,26). The highest BCUT2D eigenvalue weighted by Gasteiger charge is 2.19. The van der Waals surface area contributed by atoms with Crippen LogP contribution >= 0.6 is 34.8 Å². The Balaban J connectivity index is 1.83. The van der Waals surface area contributed by atoms with Gasteiger partial charge in [-0.3, -0.25) is 9.52 Å². The predicted octanol–water partition coefficient (Wildman–Crippen LogP) is 5.84. The number of carbonyl (C=O) groups excluding carboxylic acids is 1. The fourth-order valence-electron chi connectivity index (χ4n) is 2.38. The number of benzene rings is 3. The number of anilines is 2. The molecule has 2 N–H and O–H groups in total. The molecule has 0 aliphatic heterocycles. The van der Waals surface area contributed by atoms with E-state index in [1.165, 1.54) is 30.3 Å². The second-order valence-electron chi connectivity index (χ2n) is 5.81. The van der Waals surface area contributed by atoms with Crippen molar-refractivity contribution in [2.75, 3.05) is 10.0 Å². The van der Waals surface area contributed by atoms with E-state index in [9.17, 15) is 17.6 Å². The highest BCUT2D eigenvalue weighted by molar-refractivity contribution is 7.92. The molecule has 0 bridgehead atoms. The van der Waals surface area contributed by atoms with Crippen LogP contribution in [0, 0.1) is 5.82 Å². The molecule has 0 saturated carbocycles. The third-order valence-corrected chi connectivity index (χ3v) is 6.03. The summed E-state index contributed by atoms with van der Waals surface area (Å²) in [5.74, 6) is -1.61. The summed E-state index contributed by atoms with van der Waals surface area (Å²) in [4.78, 5) is 12.0. The van der Waals surface area contributed by atoms with Crippen LogP contribution in [0.25, 0.3) is 0 Å². The van der Waals surface area contributed by atoms with Gasteiger partial charge >= 0.3 is 0 Å². The third-order valence-electron chi connectivity index (χ3n) is 3.79. The lowest BCUT2D eigenvalue weighted by Gasteiger charge is -2.12. The zero-order valence-electron chi connectivity index (χ0n) is 14.4. The molecule has 0 unspecified atom stereocenters. The molecule has 0 aliphatic rings. The van der Waals surface area contributed by atoms with Gasteiger partial charge in [0.2, 0.25) is 0 Å². The molecular weight excluding hydrogens is 462 g/mol. The molecule has 0 spiro atoms. The van der Waals surface area contributed by atoms with E-state index >= 15 is 0 Å². The van der Waals surface area contributed by atoms with Crippen molar-refractivity contribution in [3.8, 4) is 0 Å². The topological polar surface area (TPSA) is 75.3 Å². The first kappa shape index (κ1) is 21.4. The summed E-state index contributed by atoms with van der Waals surface area (Å²) in [6.07, 6.45) is 0. The number of amides is 1. The first-order chi connectivity index (χ1) is 13.7. The Morgan fingerprint density at radius 3 is 2.24 bits per heavy atom. The van der Waals surface area contributed by atoms with E-state index in [0.29, 0.717) is 5.02 Å². The molecule has 10 heteroatoms. The number of hydrogen-bond acceptors (Lipinski definition) is 3. The van der Waals surface area contributed by atoms with Crippen molar-refractivity contribution in [1.29, 1.82) is 0 Å². The van der Waals surface area contributed by atoms with Gasteiger partial charge < -0.3 is 5.32 Å². The van der Waals surface area contributed by atoms with Gasteiger partial charge in [-0.1, -0.05) is 46.9 Å². The molecule has 0 aromatic heterocycles. The van der Waals surface area contributed by atoms with Crippen LogP contribution in [0.5, 0.6) is 0 Å². The Bertz CT molecular complexity index is 1200. The minimum atomic E-state index is -4.09. The molecule has 0 saturated heterocycles. The molecule has 1 amide bonds. The molecule has 0 aliphatic carbocycles. The molecule has 0 heterocycles. The highest BCUT2D eigenvalue weighted by atomic mass is 35.5. The Labute approximate surface area is 181 Å². The van der Waals surface area contributed by atoms with E-state index < -0.39 is 21.7 Å². The number of halogens is 4. The average Bonchev–Trinajstić information content (AvgIpc) is 2.65. The lowest BCUT2D eigenvalue weighted by molar-refractivity contribution is 0.102. The van der Waals surface area contributed by atoms with Crippen LogP contribution in [0.2, 0.25) is 15.1 Å². The van der Waals surface area contributed by atoms with Gasteiger partial charge in [-0.2, -0.15) is 0 Å². The first-order valence-electron chi connectivity index (χ1n) is 8.01. The fourth-order valence-corrected chi connectivity index (χ4v) is 4.20. The Morgan fingerprint density at radius 1 is 0.862 bits per heavy atom. The van der Waals surface area contributed by atoms with Crippen molar-refractivity contribution in [2.45, 2.75) is 4.90 Å². The van der Waals surface area contributed by atoms with Gasteiger partial charge in [-0.25, -0.2) is 12.8 Å². The molecule has 3 rings (SSSR count). The zero-order chi connectivity index (χ0) is 21.2. The van der Waals surface area contributed by atoms with Crippen LogP contribution in [0.15, 0.2) is 65.6 Å². The van der Waals surface area contributed by atoms with E-state index in [0.717, 1.165) is 18.2 Å². The van der Waals surface area contributed by atoms with E-state index in [4.69, 9.17) is 34.8 Å². The minimum absolute atomic E-state index is 0.0903. The summed E-state index contributed by atoms with van der Waals surface area (Å²) in [6, 6.07) is 13.6. The third kappa shape index (κ3) is 5.00. The van der Waals surface area contributed by atoms with E-state index in [2.05, 4.69) is 10.0 Å². The van der Waals surface area contributed by atoms with E-state index in [1.807, 2.05) is 0 Å². The van der Waals surface area contributed by atoms with Crippen molar-refractivity contribution < 1.29 is 17.6 Å². The first-order valence-corrected chi connectivity index (χ1v) is 10.6. The summed E-state index contributed by atoms with van der Waals surface area (Å²) < 4.78 is 41.7. The second kappa shape index (κ2) is 8.59. The maximum absolute atomic E-state index is 14.5. The maximum Gasteiger partial charge on any atom is 0.262 e. The number of nitrogens with one attached hydrogen (secondary N) is 2. The molecule has 3 aromatic rings. The van der Waals surface area contributed by atoms with Crippen molar-refractivity contribution in [3.05, 3.63) is 87.1 Å². The molecule has 3 aromatic carbocycles. The minimum Gasteiger partial charge on any atom is -0.319 e. The summed E-state index contributed by atoms with van der Waals surface area (Å²) in [5, 5.41) is 2.98. The number of rotatable bonds is 5. The van der Waals surface area contributed by atoms with Crippen molar-refractivity contribution in [2.24, 2.45) is 0 Å². The number of hydrogen-bond donors (Lipinski definition) is 2. The largest absolute Gasteiger partial charge is 0.319 e. The summed E-state index contributed by atoms with van der Waals surface area (Å²) in [6.45, 7) is 0. The summed E-state index contributed by atoms with van der Waals surface area (Å²) in [7, 11) is -4.09. The van der Waals surface area contributed by atoms with Gasteiger partial charge in [0.05, 0.1) is 31.9 Å². The van der Waals surface area contributed by atoms with Gasteiger partial charge in [-0.15, -0.1) is 0 Å². The highest BCUT2D eigenvalue weighted by Crippen LogP contribution is 2.27. The van der Waals surface area contributed by atoms with Gasteiger partial charge in [0.1, 0.15) is 5.82 Å². The molecule has 5 nitrogen and oxygen atoms in total. The van der Waals surface area contributed by atoms with Crippen LogP contribution in [0.1, 0.15) is 10.4 Å². The van der Waals surface area contributed by atoms with Crippen LogP contribution in [-0.2, 0) is 10.0 Å². The monoisotopic (exact) mass is 472 g/mol. The SMILES string of the molecule is O=C(Nc1ccc(S(=O)(=O)Nc2ccccc2Cl)cc1F)c1ccc(Cl)cc1Cl. The normalized spacial score (nSPS) is 11.2. The van der Waals surface area contributed by atoms with Crippen LogP contribution in [0.3, 0.4) is 0 Å². The van der Waals surface area contributed by atoms with Crippen LogP contribution in [-0.4, -0.2) is 14.3 Å². The molecule has 29 heavy (non-hydrogen) atoms. The van der Waals surface area contributed by atoms with Gasteiger partial charge in [-0.05, 0) is 48.5 Å². The zero-order valence-corrected chi connectivity index (χ0v) is 17.5. The predicted molar refractivity (Wildman–Crippen MR) is 113 cm³/mol. The van der Waals surface area contributed by atoms with E-state index in [1.54, 1.807) is 12.1 Å². The van der Waals surface area contributed by atoms with Gasteiger partial charge in [0.15, 0.2) is 0 Å². The lowest BCUT2D eigenvalue weighted by Crippen LogP contribution is -2.16. The number of para-hydroxylation sites is 1. The molecule has 0 atom stereocenters. The number of sulfonamides is 1. The summed E-state index contributed by atoms with van der Waals surface area (Å²) in [5.41, 5.74) is 0.0367. The Kier molecular flexibility index (Phi) is 6.33. The Morgan fingerprint density at radius 2 is 1.59 bits per heavy atom. The van der Waals surface area contributed by atoms with Crippen LogP contribution < -0.4 is 10.0 Å². The van der Waals surface area contributed by atoms with Gasteiger partial charge in [0, 0.05) is 5.02 Å². The van der Waals surface area contributed by atoms with E-state index in [-0.39, 0.29) is 31.9 Å². The average molecular weight is 474 g/mol. The second-order valence-corrected chi connectivity index (χ2v) is 8.74. The quantitative estimate of drug-likeness (QED) is 0.489. The molecular formula is C19H12Cl3FN2O3S. The Hall–Kier alpha value is -2.32. The van der Waals surface area contributed by atoms with Crippen molar-refractivity contribution in [1.82, 2.24) is 0 Å². The van der Waals surface area contributed by atoms with Crippen molar-refractivity contribution in [3.63, 3.8) is 0 Å². The smallest absolute Gasteiger partial charge is 0.262 e. The molecule has 150 valence electrons. The summed E-state index contributed by atoms with van der Waals surface area (Å²) >= 11 is 17.7. The van der Waals surface area contributed by atoms with Gasteiger partial charge in [0.25, 0.3) is 15.9 Å². The van der Waals surface area contributed by atoms with Crippen LogP contribution in [0.4, 0.5) is 15.8 Å².